The third-order valence-corrected chi connectivity index (χ3v) is 7.64. The monoisotopic (exact) mass is 622 g/mol. The molecule has 4 N–H and O–H groups in total. The molecule has 2 aliphatic rings. The van der Waals surface area contributed by atoms with Gasteiger partial charge in [-0.2, -0.15) is 13.2 Å². The Labute approximate surface area is 216 Å². The van der Waals surface area contributed by atoms with Crippen LogP contribution in [-0.4, -0.2) is 49.7 Å². The van der Waals surface area contributed by atoms with Crippen LogP contribution in [0.25, 0.3) is 0 Å². The smallest absolute Gasteiger partial charge is 0.417 e. The van der Waals surface area contributed by atoms with E-state index in [-0.39, 0.29) is 18.4 Å². The minimum absolute atomic E-state index is 0.253. The fourth-order valence-corrected chi connectivity index (χ4v) is 5.72. The van der Waals surface area contributed by atoms with Gasteiger partial charge in [0.05, 0.1) is 16.4 Å². The highest BCUT2D eigenvalue weighted by Crippen LogP contribution is 2.57. The van der Waals surface area contributed by atoms with E-state index in [1.807, 2.05) is 18.2 Å². The molecule has 2 aromatic rings. The highest BCUT2D eigenvalue weighted by atomic mass is 79.9. The summed E-state index contributed by atoms with van der Waals surface area (Å²) in [6.45, 7) is 1.67. The summed E-state index contributed by atoms with van der Waals surface area (Å²) in [7, 11) is 0. The Morgan fingerprint density at radius 3 is 1.46 bits per heavy atom. The summed E-state index contributed by atoms with van der Waals surface area (Å²) in [5, 5.41) is 37.8. The molecule has 0 amide bonds. The zero-order valence-corrected chi connectivity index (χ0v) is 21.6. The SMILES string of the molecule is CC1(O)CC(C(=O)O)(c2cccc(Br)c2)C1.O=C(O)C1(c2cccc(Br)c2)CC(O)(C(F)(F)F)C1. The Morgan fingerprint density at radius 1 is 0.800 bits per heavy atom. The van der Waals surface area contributed by atoms with E-state index in [0.29, 0.717) is 4.47 Å². The van der Waals surface area contributed by atoms with Crippen molar-refractivity contribution in [1.82, 2.24) is 0 Å². The quantitative estimate of drug-likeness (QED) is 0.373. The number of carbonyl (C=O) groups is 2. The van der Waals surface area contributed by atoms with E-state index < -0.39 is 53.0 Å². The highest BCUT2D eigenvalue weighted by Gasteiger charge is 2.70. The lowest BCUT2D eigenvalue weighted by Crippen LogP contribution is -2.65. The topological polar surface area (TPSA) is 115 Å². The Balaban J connectivity index is 0.000000198. The molecule has 2 aliphatic carbocycles. The summed E-state index contributed by atoms with van der Waals surface area (Å²) in [6, 6.07) is 13.4. The number of carboxylic acids is 2. The minimum Gasteiger partial charge on any atom is -0.481 e. The normalized spacial score (nSPS) is 31.9. The van der Waals surface area contributed by atoms with Crippen molar-refractivity contribution in [1.29, 1.82) is 0 Å². The van der Waals surface area contributed by atoms with Gasteiger partial charge in [-0.3, -0.25) is 9.59 Å². The van der Waals surface area contributed by atoms with Gasteiger partial charge < -0.3 is 20.4 Å². The average Bonchev–Trinajstić information content (AvgIpc) is 2.68. The standard InChI is InChI=1S/C12H10BrF3O3.C12H13BrO3/c13-8-3-1-2-7(4-8)10(9(17)18)5-11(19,6-10)12(14,15)16;1-11(16)6-12(7-11,10(14)15)8-3-2-4-9(13)5-8/h1-4,19H,5-6H2,(H,17,18);2-5,16H,6-7H2,1H3,(H,14,15). The summed E-state index contributed by atoms with van der Waals surface area (Å²) in [4.78, 5) is 22.7. The molecular formula is C24H23Br2F3O6. The minimum atomic E-state index is -4.82. The van der Waals surface area contributed by atoms with E-state index in [1.54, 1.807) is 25.1 Å². The third kappa shape index (κ3) is 5.14. The molecule has 2 saturated carbocycles. The molecule has 0 aromatic heterocycles. The number of aliphatic hydroxyl groups is 2. The van der Waals surface area contributed by atoms with Crippen LogP contribution in [0.2, 0.25) is 0 Å². The fraction of sp³-hybridized carbons (Fsp3) is 0.417. The maximum atomic E-state index is 12.6. The first-order valence-corrected chi connectivity index (χ1v) is 12.1. The van der Waals surface area contributed by atoms with Crippen molar-refractivity contribution in [2.75, 3.05) is 0 Å². The lowest BCUT2D eigenvalue weighted by molar-refractivity contribution is -0.302. The molecule has 0 saturated heterocycles. The molecule has 0 aliphatic heterocycles. The zero-order valence-electron chi connectivity index (χ0n) is 18.4. The van der Waals surface area contributed by atoms with Gasteiger partial charge in [0, 0.05) is 21.8 Å². The lowest BCUT2D eigenvalue weighted by Gasteiger charge is -2.51. The average molecular weight is 624 g/mol. The zero-order chi connectivity index (χ0) is 26.4. The second-order valence-corrected chi connectivity index (χ2v) is 11.4. The first-order chi connectivity index (χ1) is 16.0. The predicted octanol–water partition coefficient (Wildman–Crippen LogP) is 5.18. The van der Waals surface area contributed by atoms with Gasteiger partial charge in [0.1, 0.15) is 0 Å². The predicted molar refractivity (Wildman–Crippen MR) is 127 cm³/mol. The van der Waals surface area contributed by atoms with E-state index >= 15 is 0 Å². The lowest BCUT2D eigenvalue weighted by atomic mass is 9.55. The van der Waals surface area contributed by atoms with Gasteiger partial charge >= 0.3 is 18.1 Å². The number of halogens is 5. The number of carboxylic acid groups (broad SMARTS) is 2. The Bertz CT molecular complexity index is 1130. The molecule has 0 radical (unpaired) electrons. The maximum Gasteiger partial charge on any atom is 0.417 e. The molecule has 0 atom stereocenters. The Morgan fingerprint density at radius 2 is 1.17 bits per heavy atom. The molecular weight excluding hydrogens is 601 g/mol. The van der Waals surface area contributed by atoms with E-state index in [0.717, 1.165) is 10.0 Å². The van der Waals surface area contributed by atoms with Gasteiger partial charge in [-0.05, 0) is 55.2 Å². The molecule has 35 heavy (non-hydrogen) atoms. The number of aliphatic carboxylic acids is 2. The van der Waals surface area contributed by atoms with Gasteiger partial charge in [-0.25, -0.2) is 0 Å². The van der Waals surface area contributed by atoms with Gasteiger partial charge in [0.25, 0.3) is 0 Å². The second-order valence-electron chi connectivity index (χ2n) is 9.53. The van der Waals surface area contributed by atoms with Crippen LogP contribution in [-0.2, 0) is 20.4 Å². The Kier molecular flexibility index (Phi) is 7.24. The van der Waals surface area contributed by atoms with Crippen LogP contribution < -0.4 is 0 Å². The molecule has 6 nitrogen and oxygen atoms in total. The van der Waals surface area contributed by atoms with E-state index in [9.17, 15) is 43.2 Å². The van der Waals surface area contributed by atoms with Crippen LogP contribution in [0.3, 0.4) is 0 Å². The number of alkyl halides is 3. The van der Waals surface area contributed by atoms with Crippen LogP contribution in [0, 0.1) is 0 Å². The molecule has 0 unspecified atom stereocenters. The largest absolute Gasteiger partial charge is 0.481 e. The number of rotatable bonds is 4. The van der Waals surface area contributed by atoms with Gasteiger partial charge in [0.2, 0.25) is 0 Å². The number of hydrogen-bond donors (Lipinski definition) is 4. The maximum absolute atomic E-state index is 12.6. The van der Waals surface area contributed by atoms with Crippen LogP contribution in [0.1, 0.15) is 43.7 Å². The summed E-state index contributed by atoms with van der Waals surface area (Å²) in [5.41, 5.74) is -5.39. The first-order valence-electron chi connectivity index (χ1n) is 10.5. The molecule has 0 spiro atoms. The molecule has 190 valence electrons. The van der Waals surface area contributed by atoms with Gasteiger partial charge in [-0.1, -0.05) is 56.1 Å². The van der Waals surface area contributed by atoms with Crippen LogP contribution >= 0.6 is 31.9 Å². The summed E-state index contributed by atoms with van der Waals surface area (Å²) >= 11 is 6.48. The molecule has 11 heteroatoms. The molecule has 2 fully saturated rings. The van der Waals surface area contributed by atoms with E-state index in [1.165, 1.54) is 12.1 Å². The van der Waals surface area contributed by atoms with Crippen molar-refractivity contribution in [3.05, 3.63) is 68.6 Å². The van der Waals surface area contributed by atoms with Crippen LogP contribution in [0.4, 0.5) is 13.2 Å². The molecule has 0 heterocycles. The van der Waals surface area contributed by atoms with Crippen molar-refractivity contribution in [3.8, 4) is 0 Å². The van der Waals surface area contributed by atoms with Gasteiger partial charge in [0.15, 0.2) is 5.60 Å². The highest BCUT2D eigenvalue weighted by molar-refractivity contribution is 9.10. The van der Waals surface area contributed by atoms with Crippen molar-refractivity contribution >= 4 is 43.8 Å². The summed E-state index contributed by atoms with van der Waals surface area (Å²) < 4.78 is 39.3. The van der Waals surface area contributed by atoms with E-state index in [2.05, 4.69) is 31.9 Å². The number of hydrogen-bond acceptors (Lipinski definition) is 4. The second kappa shape index (κ2) is 9.17. The summed E-state index contributed by atoms with van der Waals surface area (Å²) in [6.07, 6.45) is -6.01. The molecule has 0 bridgehead atoms. The fourth-order valence-electron chi connectivity index (χ4n) is 4.93. The van der Waals surface area contributed by atoms with Crippen molar-refractivity contribution in [2.45, 2.75) is 60.8 Å². The third-order valence-electron chi connectivity index (χ3n) is 6.65. The molecule has 4 rings (SSSR count). The van der Waals surface area contributed by atoms with Crippen molar-refractivity contribution in [3.63, 3.8) is 0 Å². The van der Waals surface area contributed by atoms with Gasteiger partial charge in [-0.15, -0.1) is 0 Å². The first kappa shape index (κ1) is 27.6. The van der Waals surface area contributed by atoms with Crippen molar-refractivity contribution < 1.29 is 43.2 Å². The van der Waals surface area contributed by atoms with Crippen LogP contribution in [0.15, 0.2) is 57.5 Å². The van der Waals surface area contributed by atoms with E-state index in [4.69, 9.17) is 0 Å². The number of benzene rings is 2. The summed E-state index contributed by atoms with van der Waals surface area (Å²) in [5.74, 6) is -2.23. The Hall–Kier alpha value is -1.95. The molecule has 2 aromatic carbocycles. The van der Waals surface area contributed by atoms with Crippen molar-refractivity contribution in [2.24, 2.45) is 0 Å². The van der Waals surface area contributed by atoms with Crippen LogP contribution in [0.5, 0.6) is 0 Å².